The Bertz CT molecular complexity index is 1620. The van der Waals surface area contributed by atoms with Crippen molar-refractivity contribution in [2.24, 2.45) is 0 Å². The smallest absolute Gasteiger partial charge is 0.416 e. The zero-order chi connectivity index (χ0) is 32.0. The first-order chi connectivity index (χ1) is 21.6. The quantitative estimate of drug-likeness (QED) is 0.195. The Morgan fingerprint density at radius 1 is 1.07 bits per heavy atom. The molecule has 7 nitrogen and oxygen atoms in total. The number of nitrogens with zero attached hydrogens (tertiary/aromatic N) is 3. The van der Waals surface area contributed by atoms with Gasteiger partial charge in [-0.2, -0.15) is 18.4 Å². The van der Waals surface area contributed by atoms with E-state index in [1.54, 1.807) is 6.07 Å². The Morgan fingerprint density at radius 3 is 2.42 bits per heavy atom. The van der Waals surface area contributed by atoms with Gasteiger partial charge in [0.15, 0.2) is 5.76 Å². The van der Waals surface area contributed by atoms with E-state index < -0.39 is 11.7 Å². The Balaban J connectivity index is 1.06. The van der Waals surface area contributed by atoms with Crippen LogP contribution in [0.15, 0.2) is 77.2 Å². The lowest BCUT2D eigenvalue weighted by Gasteiger charge is -2.32. The van der Waals surface area contributed by atoms with Gasteiger partial charge in [-0.25, -0.2) is 0 Å². The summed E-state index contributed by atoms with van der Waals surface area (Å²) in [6, 6.07) is 22.2. The molecule has 45 heavy (non-hydrogen) atoms. The number of halogens is 3. The molecule has 0 radical (unpaired) electrons. The topological polar surface area (TPSA) is 81.7 Å². The molecule has 3 aromatic carbocycles. The summed E-state index contributed by atoms with van der Waals surface area (Å²) in [6.07, 6.45) is -2.07. The maximum atomic E-state index is 12.9. The molecule has 1 fully saturated rings. The molecule has 1 unspecified atom stereocenters. The largest absolute Gasteiger partial charge is 0.490 e. The van der Waals surface area contributed by atoms with Crippen LogP contribution in [0.4, 0.5) is 13.2 Å². The average molecular weight is 619 g/mol. The molecule has 0 spiro atoms. The zero-order valence-electron chi connectivity index (χ0n) is 25.4. The molecule has 1 atom stereocenters. The van der Waals surface area contributed by atoms with Crippen molar-refractivity contribution >= 4 is 16.9 Å². The third-order valence-corrected chi connectivity index (χ3v) is 8.09. The molecule has 1 saturated heterocycles. The number of likely N-dealkylation sites (tertiary alicyclic amines) is 1. The summed E-state index contributed by atoms with van der Waals surface area (Å²) in [6.45, 7) is 5.89. The minimum Gasteiger partial charge on any atom is -0.490 e. The first-order valence-electron chi connectivity index (χ1n) is 15.1. The van der Waals surface area contributed by atoms with Crippen LogP contribution in [0.2, 0.25) is 0 Å². The number of benzene rings is 3. The van der Waals surface area contributed by atoms with Crippen molar-refractivity contribution in [1.29, 1.82) is 5.26 Å². The number of piperidine rings is 1. The molecule has 0 aliphatic carbocycles. The summed E-state index contributed by atoms with van der Waals surface area (Å²) < 4.78 is 50.2. The van der Waals surface area contributed by atoms with E-state index in [4.69, 9.17) is 14.4 Å². The van der Waals surface area contributed by atoms with Crippen LogP contribution in [0.5, 0.6) is 5.75 Å². The van der Waals surface area contributed by atoms with Crippen LogP contribution < -0.4 is 10.1 Å². The number of rotatable bonds is 11. The van der Waals surface area contributed by atoms with Crippen molar-refractivity contribution in [3.8, 4) is 11.8 Å². The maximum absolute atomic E-state index is 12.9. The summed E-state index contributed by atoms with van der Waals surface area (Å²) in [5.74, 6) is 0.486. The van der Waals surface area contributed by atoms with Gasteiger partial charge in [-0.05, 0) is 99.0 Å². The van der Waals surface area contributed by atoms with Crippen LogP contribution in [0.25, 0.3) is 11.0 Å². The van der Waals surface area contributed by atoms with Crippen LogP contribution >= 0.6 is 0 Å². The Kier molecular flexibility index (Phi) is 10.1. The minimum absolute atomic E-state index is 0.0410. The molecule has 1 aromatic heterocycles. The van der Waals surface area contributed by atoms with Crippen molar-refractivity contribution in [2.45, 2.75) is 57.6 Å². The molecule has 5 rings (SSSR count). The summed E-state index contributed by atoms with van der Waals surface area (Å²) in [5.41, 5.74) is 2.85. The second-order valence-corrected chi connectivity index (χ2v) is 11.8. The van der Waals surface area contributed by atoms with Gasteiger partial charge < -0.3 is 19.4 Å². The molecule has 1 N–H and O–H groups in total. The standard InChI is InChI=1S/C35H37F3N4O3/c1-24(13-16-41(2)22-26-5-3-25(21-39)4-6-26)40-34(43)33-20-28-19-27(7-12-32(28)45-33)23-42-17-14-31(15-18-42)44-30-10-8-29(9-11-30)35(36,37)38/h3-12,19-20,24,31H,13-18,22-23H2,1-2H3,(H,40,43). The average Bonchev–Trinajstić information content (AvgIpc) is 3.45. The number of ether oxygens (including phenoxy) is 1. The van der Waals surface area contributed by atoms with E-state index in [0.29, 0.717) is 16.9 Å². The van der Waals surface area contributed by atoms with Crippen LogP contribution in [0.3, 0.4) is 0 Å². The fraction of sp³-hybridized carbons (Fsp3) is 0.371. The molecule has 1 aliphatic rings. The number of amides is 1. The van der Waals surface area contributed by atoms with E-state index in [1.165, 1.54) is 12.1 Å². The number of furan rings is 1. The van der Waals surface area contributed by atoms with Gasteiger partial charge in [0, 0.05) is 44.2 Å². The number of alkyl halides is 3. The number of carbonyl (C=O) groups is 1. The second-order valence-electron chi connectivity index (χ2n) is 11.8. The monoisotopic (exact) mass is 618 g/mol. The Morgan fingerprint density at radius 2 is 1.76 bits per heavy atom. The predicted octanol–water partition coefficient (Wildman–Crippen LogP) is 7.01. The molecule has 2 heterocycles. The molecule has 0 saturated carbocycles. The number of nitriles is 1. The highest BCUT2D eigenvalue weighted by Gasteiger charge is 2.30. The van der Waals surface area contributed by atoms with Crippen LogP contribution in [0, 0.1) is 11.3 Å². The Hall–Kier alpha value is -4.33. The summed E-state index contributed by atoms with van der Waals surface area (Å²) in [5, 5.41) is 12.9. The van der Waals surface area contributed by atoms with Crippen LogP contribution in [-0.4, -0.2) is 54.5 Å². The number of hydrogen-bond acceptors (Lipinski definition) is 6. The highest BCUT2D eigenvalue weighted by Crippen LogP contribution is 2.31. The first-order valence-corrected chi connectivity index (χ1v) is 15.1. The zero-order valence-corrected chi connectivity index (χ0v) is 25.4. The van der Waals surface area contributed by atoms with Gasteiger partial charge in [0.2, 0.25) is 0 Å². The van der Waals surface area contributed by atoms with Gasteiger partial charge in [0.05, 0.1) is 17.2 Å². The van der Waals surface area contributed by atoms with Crippen LogP contribution in [0.1, 0.15) is 59.0 Å². The molecule has 10 heteroatoms. The van der Waals surface area contributed by atoms with E-state index in [-0.39, 0.29) is 23.8 Å². The van der Waals surface area contributed by atoms with Gasteiger partial charge >= 0.3 is 6.18 Å². The normalized spacial score (nSPS) is 15.2. The van der Waals surface area contributed by atoms with E-state index >= 15 is 0 Å². The molecule has 0 bridgehead atoms. The molecule has 4 aromatic rings. The highest BCUT2D eigenvalue weighted by molar-refractivity contribution is 5.96. The minimum atomic E-state index is -4.36. The van der Waals surface area contributed by atoms with Crippen LogP contribution in [-0.2, 0) is 19.3 Å². The lowest BCUT2D eigenvalue weighted by atomic mass is 10.1. The lowest BCUT2D eigenvalue weighted by Crippen LogP contribution is -2.37. The molecular weight excluding hydrogens is 581 g/mol. The van der Waals surface area contributed by atoms with E-state index in [1.807, 2.05) is 56.4 Å². The third kappa shape index (κ3) is 8.87. The summed E-state index contributed by atoms with van der Waals surface area (Å²) in [4.78, 5) is 17.4. The van der Waals surface area contributed by atoms with E-state index in [0.717, 1.165) is 80.6 Å². The fourth-order valence-electron chi connectivity index (χ4n) is 5.52. The highest BCUT2D eigenvalue weighted by atomic mass is 19.4. The molecule has 1 aliphatic heterocycles. The first kappa shape index (κ1) is 32.1. The van der Waals surface area contributed by atoms with Crippen molar-refractivity contribution in [3.05, 3.63) is 101 Å². The number of carbonyl (C=O) groups excluding carboxylic acids is 1. The number of nitrogens with one attached hydrogen (secondary N) is 1. The Labute approximate surface area is 261 Å². The van der Waals surface area contributed by atoms with Gasteiger partial charge in [-0.3, -0.25) is 9.69 Å². The van der Waals surface area contributed by atoms with E-state index in [9.17, 15) is 18.0 Å². The van der Waals surface area contributed by atoms with Gasteiger partial charge in [0.25, 0.3) is 5.91 Å². The van der Waals surface area contributed by atoms with Crippen molar-refractivity contribution in [2.75, 3.05) is 26.7 Å². The maximum Gasteiger partial charge on any atom is 0.416 e. The second kappa shape index (κ2) is 14.2. The number of hydrogen-bond donors (Lipinski definition) is 1. The summed E-state index contributed by atoms with van der Waals surface area (Å²) in [7, 11) is 2.03. The molecule has 236 valence electrons. The number of fused-ring (bicyclic) bond motifs is 1. The van der Waals surface area contributed by atoms with Gasteiger partial charge in [0.1, 0.15) is 17.4 Å². The van der Waals surface area contributed by atoms with Gasteiger partial charge in [-0.15, -0.1) is 0 Å². The van der Waals surface area contributed by atoms with E-state index in [2.05, 4.69) is 21.2 Å². The predicted molar refractivity (Wildman–Crippen MR) is 166 cm³/mol. The summed E-state index contributed by atoms with van der Waals surface area (Å²) >= 11 is 0. The molecular formula is C35H37F3N4O3. The lowest BCUT2D eigenvalue weighted by molar-refractivity contribution is -0.137. The van der Waals surface area contributed by atoms with Crippen molar-refractivity contribution < 1.29 is 27.1 Å². The third-order valence-electron chi connectivity index (χ3n) is 8.09. The van der Waals surface area contributed by atoms with Crippen molar-refractivity contribution in [3.63, 3.8) is 0 Å². The van der Waals surface area contributed by atoms with Gasteiger partial charge in [-0.1, -0.05) is 18.2 Å². The molecule has 1 amide bonds. The fourth-order valence-corrected chi connectivity index (χ4v) is 5.52. The SMILES string of the molecule is CC(CCN(C)Cc1ccc(C#N)cc1)NC(=O)c1cc2cc(CN3CCC(Oc4ccc(C(F)(F)F)cc4)CC3)ccc2o1. The van der Waals surface area contributed by atoms with Crippen molar-refractivity contribution in [1.82, 2.24) is 15.1 Å².